The largest absolute Gasteiger partial charge is 0.469 e. The number of hydrogen-bond acceptors (Lipinski definition) is 3. The number of nitrogens with one attached hydrogen (secondary N) is 1. The fraction of sp³-hybridized carbons (Fsp3) is 0.583. The Balaban J connectivity index is 1.99. The van der Waals surface area contributed by atoms with Gasteiger partial charge in [0.15, 0.2) is 0 Å². The van der Waals surface area contributed by atoms with Crippen LogP contribution in [0.4, 0.5) is 0 Å². The summed E-state index contributed by atoms with van der Waals surface area (Å²) in [4.78, 5) is 11.9. The molecule has 1 heterocycles. The van der Waals surface area contributed by atoms with Crippen molar-refractivity contribution in [3.8, 4) is 0 Å². The lowest BCUT2D eigenvalue weighted by Crippen LogP contribution is -2.45. The molecule has 4 heteroatoms. The zero-order valence-corrected chi connectivity index (χ0v) is 9.40. The van der Waals surface area contributed by atoms with Gasteiger partial charge in [0, 0.05) is 0 Å². The van der Waals surface area contributed by atoms with Crippen LogP contribution in [-0.2, 0) is 0 Å². The highest BCUT2D eigenvalue weighted by molar-refractivity contribution is 5.95. The molecular weight excluding hydrogens is 206 g/mol. The van der Waals surface area contributed by atoms with Crippen LogP contribution in [0.3, 0.4) is 0 Å². The Hall–Kier alpha value is -1.29. The average molecular weight is 223 g/mol. The second-order valence-corrected chi connectivity index (χ2v) is 4.32. The molecule has 1 saturated carbocycles. The van der Waals surface area contributed by atoms with Crippen molar-refractivity contribution in [2.75, 3.05) is 0 Å². The van der Waals surface area contributed by atoms with Crippen molar-refractivity contribution >= 4 is 5.91 Å². The number of aliphatic hydroxyl groups excluding tert-OH is 1. The van der Waals surface area contributed by atoms with Gasteiger partial charge in [0.1, 0.15) is 5.76 Å². The average Bonchev–Trinajstić information content (AvgIpc) is 2.68. The van der Waals surface area contributed by atoms with Gasteiger partial charge in [-0.25, -0.2) is 0 Å². The van der Waals surface area contributed by atoms with E-state index >= 15 is 0 Å². The standard InChI is InChI=1S/C12H17NO3/c1-8-9(6-7-16-8)12(15)13-10-4-2-3-5-11(10)14/h6-7,10-11,14H,2-5H2,1H3,(H,13,15)/t10-,11-/m1/s1. The van der Waals surface area contributed by atoms with Crippen LogP contribution in [-0.4, -0.2) is 23.2 Å². The van der Waals surface area contributed by atoms with Crippen molar-refractivity contribution in [2.24, 2.45) is 0 Å². The first-order valence-corrected chi connectivity index (χ1v) is 5.71. The SMILES string of the molecule is Cc1occc1C(=O)N[C@@H]1CCCC[C@H]1O. The topological polar surface area (TPSA) is 62.5 Å². The van der Waals surface area contributed by atoms with Gasteiger partial charge in [-0.05, 0) is 25.8 Å². The molecule has 0 aliphatic heterocycles. The van der Waals surface area contributed by atoms with E-state index in [-0.39, 0.29) is 11.9 Å². The molecule has 1 aromatic heterocycles. The number of carbonyl (C=O) groups excluding carboxylic acids is 1. The lowest BCUT2D eigenvalue weighted by atomic mass is 9.92. The molecule has 1 aliphatic rings. The fourth-order valence-corrected chi connectivity index (χ4v) is 2.15. The van der Waals surface area contributed by atoms with E-state index in [0.717, 1.165) is 25.7 Å². The first-order valence-electron chi connectivity index (χ1n) is 5.71. The van der Waals surface area contributed by atoms with E-state index in [1.807, 2.05) is 0 Å². The first kappa shape index (κ1) is 11.2. The molecule has 1 aromatic rings. The smallest absolute Gasteiger partial charge is 0.255 e. The predicted octanol–water partition coefficient (Wildman–Crippen LogP) is 1.62. The van der Waals surface area contributed by atoms with Crippen LogP contribution in [0.25, 0.3) is 0 Å². The van der Waals surface area contributed by atoms with Crippen molar-refractivity contribution in [2.45, 2.75) is 44.8 Å². The van der Waals surface area contributed by atoms with Gasteiger partial charge in [0.2, 0.25) is 0 Å². The van der Waals surface area contributed by atoms with Gasteiger partial charge in [-0.1, -0.05) is 12.8 Å². The monoisotopic (exact) mass is 223 g/mol. The van der Waals surface area contributed by atoms with Crippen LogP contribution in [0.5, 0.6) is 0 Å². The molecular formula is C12H17NO3. The van der Waals surface area contributed by atoms with Crippen LogP contribution in [0.1, 0.15) is 41.8 Å². The summed E-state index contributed by atoms with van der Waals surface area (Å²) in [6.07, 6.45) is 4.82. The summed E-state index contributed by atoms with van der Waals surface area (Å²) in [5, 5.41) is 12.6. The Morgan fingerprint density at radius 3 is 2.88 bits per heavy atom. The number of aryl methyl sites for hydroxylation is 1. The number of aliphatic hydroxyl groups is 1. The number of rotatable bonds is 2. The minimum Gasteiger partial charge on any atom is -0.469 e. The summed E-state index contributed by atoms with van der Waals surface area (Å²) in [7, 11) is 0. The number of furan rings is 1. The zero-order chi connectivity index (χ0) is 11.5. The highest BCUT2D eigenvalue weighted by Crippen LogP contribution is 2.19. The fourth-order valence-electron chi connectivity index (χ4n) is 2.15. The highest BCUT2D eigenvalue weighted by atomic mass is 16.3. The van der Waals surface area contributed by atoms with Gasteiger partial charge in [0.05, 0.1) is 24.0 Å². The third-order valence-electron chi connectivity index (χ3n) is 3.15. The molecule has 0 aromatic carbocycles. The molecule has 1 fully saturated rings. The molecule has 1 aliphatic carbocycles. The Bertz CT molecular complexity index is 372. The lowest BCUT2D eigenvalue weighted by molar-refractivity contribution is 0.0716. The molecule has 1 amide bonds. The Labute approximate surface area is 94.6 Å². The third kappa shape index (κ3) is 2.27. The van der Waals surface area contributed by atoms with Gasteiger partial charge in [-0.15, -0.1) is 0 Å². The Kier molecular flexibility index (Phi) is 3.29. The second kappa shape index (κ2) is 4.70. The van der Waals surface area contributed by atoms with Gasteiger partial charge in [0.25, 0.3) is 5.91 Å². The summed E-state index contributed by atoms with van der Waals surface area (Å²) in [6.45, 7) is 1.76. The van der Waals surface area contributed by atoms with Crippen molar-refractivity contribution < 1.29 is 14.3 Å². The van der Waals surface area contributed by atoms with Gasteiger partial charge in [-0.2, -0.15) is 0 Å². The van der Waals surface area contributed by atoms with Crippen molar-refractivity contribution in [1.82, 2.24) is 5.32 Å². The number of hydrogen-bond donors (Lipinski definition) is 2. The minimum absolute atomic E-state index is 0.115. The van der Waals surface area contributed by atoms with E-state index < -0.39 is 6.10 Å². The highest BCUT2D eigenvalue weighted by Gasteiger charge is 2.25. The van der Waals surface area contributed by atoms with Gasteiger partial charge in [-0.3, -0.25) is 4.79 Å². The first-order chi connectivity index (χ1) is 7.68. The number of carbonyl (C=O) groups is 1. The molecule has 2 N–H and O–H groups in total. The van der Waals surface area contributed by atoms with E-state index in [1.165, 1.54) is 6.26 Å². The maximum atomic E-state index is 11.9. The van der Waals surface area contributed by atoms with Gasteiger partial charge < -0.3 is 14.8 Å². The van der Waals surface area contributed by atoms with E-state index in [1.54, 1.807) is 13.0 Å². The molecule has 0 radical (unpaired) electrons. The molecule has 16 heavy (non-hydrogen) atoms. The third-order valence-corrected chi connectivity index (χ3v) is 3.15. The van der Waals surface area contributed by atoms with Gasteiger partial charge >= 0.3 is 0 Å². The van der Waals surface area contributed by atoms with Crippen molar-refractivity contribution in [1.29, 1.82) is 0 Å². The number of amides is 1. The van der Waals surface area contributed by atoms with Crippen LogP contribution in [0, 0.1) is 6.92 Å². The van der Waals surface area contributed by atoms with Crippen LogP contribution in [0.2, 0.25) is 0 Å². The van der Waals surface area contributed by atoms with E-state index in [0.29, 0.717) is 11.3 Å². The molecule has 0 unspecified atom stereocenters. The molecule has 0 spiro atoms. The second-order valence-electron chi connectivity index (χ2n) is 4.32. The summed E-state index contributed by atoms with van der Waals surface area (Å²) >= 11 is 0. The van der Waals surface area contributed by atoms with Crippen LogP contribution < -0.4 is 5.32 Å². The van der Waals surface area contributed by atoms with Crippen LogP contribution >= 0.6 is 0 Å². The summed E-state index contributed by atoms with van der Waals surface area (Å²) in [6, 6.07) is 1.54. The molecule has 2 rings (SSSR count). The zero-order valence-electron chi connectivity index (χ0n) is 9.40. The quantitative estimate of drug-likeness (QED) is 0.800. The Morgan fingerprint density at radius 1 is 1.50 bits per heavy atom. The summed E-state index contributed by atoms with van der Waals surface area (Å²) < 4.78 is 5.08. The minimum atomic E-state index is -0.412. The molecule has 0 saturated heterocycles. The van der Waals surface area contributed by atoms with E-state index in [2.05, 4.69) is 5.32 Å². The predicted molar refractivity (Wildman–Crippen MR) is 59.2 cm³/mol. The molecule has 88 valence electrons. The summed E-state index contributed by atoms with van der Waals surface area (Å²) in [5.41, 5.74) is 0.553. The van der Waals surface area contributed by atoms with E-state index in [4.69, 9.17) is 4.42 Å². The maximum absolute atomic E-state index is 11.9. The molecule has 2 atom stereocenters. The normalized spacial score (nSPS) is 25.4. The van der Waals surface area contributed by atoms with Crippen molar-refractivity contribution in [3.63, 3.8) is 0 Å². The van der Waals surface area contributed by atoms with E-state index in [9.17, 15) is 9.90 Å². The van der Waals surface area contributed by atoms with Crippen molar-refractivity contribution in [3.05, 3.63) is 23.7 Å². The molecule has 4 nitrogen and oxygen atoms in total. The summed E-state index contributed by atoms with van der Waals surface area (Å²) in [5.74, 6) is 0.458. The lowest BCUT2D eigenvalue weighted by Gasteiger charge is -2.28. The Morgan fingerprint density at radius 2 is 2.25 bits per heavy atom. The molecule has 0 bridgehead atoms. The van der Waals surface area contributed by atoms with Crippen LogP contribution in [0.15, 0.2) is 16.7 Å². The maximum Gasteiger partial charge on any atom is 0.255 e.